The molecule has 0 amide bonds. The lowest BCUT2D eigenvalue weighted by Crippen LogP contribution is -2.30. The van der Waals surface area contributed by atoms with Crippen molar-refractivity contribution in [2.45, 2.75) is 6.61 Å². The molecule has 0 bridgehead atoms. The highest BCUT2D eigenvalue weighted by Crippen LogP contribution is 2.07. The smallest absolute Gasteiger partial charge is 0.332 e. The Morgan fingerprint density at radius 2 is 1.94 bits per heavy atom. The van der Waals surface area contributed by atoms with Crippen LogP contribution >= 0.6 is 0 Å². The van der Waals surface area contributed by atoms with Gasteiger partial charge in [-0.05, 0) is 17.7 Å². The molecule has 0 atom stereocenters. The van der Waals surface area contributed by atoms with Crippen LogP contribution in [0.5, 0.6) is 0 Å². The van der Waals surface area contributed by atoms with E-state index in [0.717, 1.165) is 0 Å². The maximum Gasteiger partial charge on any atom is 0.332 e. The Labute approximate surface area is 101 Å². The second-order valence-corrected chi connectivity index (χ2v) is 3.61. The van der Waals surface area contributed by atoms with E-state index in [4.69, 9.17) is 10.4 Å². The minimum absolute atomic E-state index is 0.0930. The Bertz CT molecular complexity index is 720. The number of hydrogen-bond donors (Lipinski definition) is 2. The van der Waals surface area contributed by atoms with E-state index < -0.39 is 11.2 Å². The molecule has 0 saturated carbocycles. The fourth-order valence-electron chi connectivity index (χ4n) is 1.50. The highest BCUT2D eigenvalue weighted by atomic mass is 16.3. The van der Waals surface area contributed by atoms with E-state index in [1.165, 1.54) is 10.8 Å². The van der Waals surface area contributed by atoms with Gasteiger partial charge >= 0.3 is 5.69 Å². The van der Waals surface area contributed by atoms with Gasteiger partial charge in [-0.2, -0.15) is 5.26 Å². The van der Waals surface area contributed by atoms with Crippen LogP contribution in [0.2, 0.25) is 0 Å². The maximum absolute atomic E-state index is 11.6. The van der Waals surface area contributed by atoms with E-state index in [2.05, 4.69) is 4.98 Å². The minimum atomic E-state index is -0.703. The van der Waals surface area contributed by atoms with Gasteiger partial charge in [0.15, 0.2) is 0 Å². The number of hydrogen-bond acceptors (Lipinski definition) is 4. The molecule has 90 valence electrons. The standard InChI is InChI=1S/C12H9N3O3/c13-5-9-6-15(12(18)14-11(9)17)10-3-1-8(7-16)2-4-10/h1-4,6,16H,7H2,(H,14,17,18). The van der Waals surface area contributed by atoms with Gasteiger partial charge in [0, 0.05) is 6.20 Å². The molecule has 0 radical (unpaired) electrons. The zero-order valence-corrected chi connectivity index (χ0v) is 9.25. The lowest BCUT2D eigenvalue weighted by atomic mass is 10.2. The summed E-state index contributed by atoms with van der Waals surface area (Å²) in [6.45, 7) is -0.0930. The van der Waals surface area contributed by atoms with Gasteiger partial charge in [-0.25, -0.2) is 4.79 Å². The van der Waals surface area contributed by atoms with Gasteiger partial charge < -0.3 is 5.11 Å². The molecule has 0 unspecified atom stereocenters. The van der Waals surface area contributed by atoms with E-state index in [9.17, 15) is 9.59 Å². The van der Waals surface area contributed by atoms with E-state index in [-0.39, 0.29) is 12.2 Å². The number of rotatable bonds is 2. The number of aliphatic hydroxyl groups is 1. The SMILES string of the molecule is N#Cc1cn(-c2ccc(CO)cc2)c(=O)[nH]c1=O. The second-order valence-electron chi connectivity index (χ2n) is 3.61. The number of nitriles is 1. The fourth-order valence-corrected chi connectivity index (χ4v) is 1.50. The van der Waals surface area contributed by atoms with E-state index in [1.807, 2.05) is 0 Å². The molecule has 6 nitrogen and oxygen atoms in total. The van der Waals surface area contributed by atoms with Gasteiger partial charge in [0.05, 0.1) is 12.3 Å². The molecular formula is C12H9N3O3. The molecule has 1 aromatic carbocycles. The van der Waals surface area contributed by atoms with Crippen molar-refractivity contribution in [1.29, 1.82) is 5.26 Å². The van der Waals surface area contributed by atoms with Crippen molar-refractivity contribution in [3.8, 4) is 11.8 Å². The van der Waals surface area contributed by atoms with Crippen LogP contribution in [0.15, 0.2) is 40.1 Å². The number of nitrogens with one attached hydrogen (secondary N) is 1. The number of nitrogens with zero attached hydrogens (tertiary/aromatic N) is 2. The average Bonchev–Trinajstić information content (AvgIpc) is 2.39. The van der Waals surface area contributed by atoms with Crippen LogP contribution in [0.3, 0.4) is 0 Å². The third kappa shape index (κ3) is 2.07. The van der Waals surface area contributed by atoms with Crippen LogP contribution in [0.1, 0.15) is 11.1 Å². The van der Waals surface area contributed by atoms with Crippen molar-refractivity contribution in [3.63, 3.8) is 0 Å². The lowest BCUT2D eigenvalue weighted by Gasteiger charge is -2.05. The Kier molecular flexibility index (Phi) is 3.08. The van der Waals surface area contributed by atoms with Crippen molar-refractivity contribution >= 4 is 0 Å². The number of aliphatic hydroxyl groups excluding tert-OH is 1. The van der Waals surface area contributed by atoms with Gasteiger partial charge in [-0.1, -0.05) is 12.1 Å². The molecule has 0 saturated heterocycles. The maximum atomic E-state index is 11.6. The molecule has 0 aliphatic heterocycles. The number of aromatic nitrogens is 2. The predicted octanol–water partition coefficient (Wildman–Crippen LogP) is -0.110. The zero-order valence-electron chi connectivity index (χ0n) is 9.25. The molecule has 2 aromatic rings. The number of H-pyrrole nitrogens is 1. The summed E-state index contributed by atoms with van der Waals surface area (Å²) in [7, 11) is 0. The predicted molar refractivity (Wildman–Crippen MR) is 63.3 cm³/mol. The van der Waals surface area contributed by atoms with Crippen molar-refractivity contribution in [1.82, 2.24) is 9.55 Å². The molecule has 2 N–H and O–H groups in total. The molecule has 0 aliphatic carbocycles. The van der Waals surface area contributed by atoms with E-state index in [1.54, 1.807) is 30.3 Å². The minimum Gasteiger partial charge on any atom is -0.392 e. The quantitative estimate of drug-likeness (QED) is 0.768. The molecular weight excluding hydrogens is 234 g/mol. The van der Waals surface area contributed by atoms with Crippen LogP contribution < -0.4 is 11.2 Å². The lowest BCUT2D eigenvalue weighted by molar-refractivity contribution is 0.282. The van der Waals surface area contributed by atoms with Gasteiger partial charge in [0.25, 0.3) is 5.56 Å². The van der Waals surface area contributed by atoms with Gasteiger partial charge in [0.1, 0.15) is 11.6 Å². The summed E-state index contributed by atoms with van der Waals surface area (Å²) in [6.07, 6.45) is 1.19. The highest BCUT2D eigenvalue weighted by molar-refractivity contribution is 5.36. The molecule has 0 aliphatic rings. The summed E-state index contributed by atoms with van der Waals surface area (Å²) in [4.78, 5) is 24.9. The molecule has 0 spiro atoms. The van der Waals surface area contributed by atoms with Crippen LogP contribution in [-0.2, 0) is 6.61 Å². The third-order valence-electron chi connectivity index (χ3n) is 2.46. The van der Waals surface area contributed by atoms with Crippen molar-refractivity contribution in [3.05, 3.63) is 62.4 Å². The summed E-state index contributed by atoms with van der Waals surface area (Å²) in [5.41, 5.74) is -0.246. The largest absolute Gasteiger partial charge is 0.392 e. The summed E-state index contributed by atoms with van der Waals surface area (Å²) < 4.78 is 1.17. The first-order valence-electron chi connectivity index (χ1n) is 5.12. The molecule has 1 heterocycles. The van der Waals surface area contributed by atoms with E-state index in [0.29, 0.717) is 11.3 Å². The van der Waals surface area contributed by atoms with Crippen molar-refractivity contribution < 1.29 is 5.11 Å². The molecule has 0 fully saturated rings. The van der Waals surface area contributed by atoms with Gasteiger partial charge in [0.2, 0.25) is 0 Å². The molecule has 18 heavy (non-hydrogen) atoms. The Morgan fingerprint density at radius 3 is 2.50 bits per heavy atom. The summed E-state index contributed by atoms with van der Waals surface area (Å²) in [5, 5.41) is 17.7. The third-order valence-corrected chi connectivity index (χ3v) is 2.46. The summed E-state index contributed by atoms with van der Waals surface area (Å²) in [6, 6.07) is 8.25. The van der Waals surface area contributed by atoms with Crippen LogP contribution in [0.25, 0.3) is 5.69 Å². The van der Waals surface area contributed by atoms with Crippen LogP contribution in [0, 0.1) is 11.3 Å². The van der Waals surface area contributed by atoms with Gasteiger partial charge in [-0.3, -0.25) is 14.3 Å². The zero-order chi connectivity index (χ0) is 13.1. The summed E-state index contributed by atoms with van der Waals surface area (Å²) in [5.74, 6) is 0. The van der Waals surface area contributed by atoms with Crippen LogP contribution in [-0.4, -0.2) is 14.7 Å². The topological polar surface area (TPSA) is 98.9 Å². The van der Waals surface area contributed by atoms with E-state index >= 15 is 0 Å². The number of aromatic amines is 1. The first-order valence-corrected chi connectivity index (χ1v) is 5.12. The molecule has 1 aromatic heterocycles. The fraction of sp³-hybridized carbons (Fsp3) is 0.0833. The Balaban J connectivity index is 2.60. The highest BCUT2D eigenvalue weighted by Gasteiger charge is 2.05. The number of benzene rings is 1. The first-order chi connectivity index (χ1) is 8.65. The molecule has 2 rings (SSSR count). The van der Waals surface area contributed by atoms with Gasteiger partial charge in [-0.15, -0.1) is 0 Å². The normalized spacial score (nSPS) is 10.0. The molecule has 6 heteroatoms. The van der Waals surface area contributed by atoms with Crippen molar-refractivity contribution in [2.24, 2.45) is 0 Å². The van der Waals surface area contributed by atoms with Crippen molar-refractivity contribution in [2.75, 3.05) is 0 Å². The Hall–Kier alpha value is -2.65. The summed E-state index contributed by atoms with van der Waals surface area (Å²) >= 11 is 0. The Morgan fingerprint density at radius 1 is 1.28 bits per heavy atom. The first kappa shape index (κ1) is 11.8. The monoisotopic (exact) mass is 243 g/mol. The van der Waals surface area contributed by atoms with Crippen LogP contribution in [0.4, 0.5) is 0 Å². The second kappa shape index (κ2) is 4.69. The average molecular weight is 243 g/mol.